The van der Waals surface area contributed by atoms with Crippen LogP contribution in [0.4, 0.5) is 5.69 Å². The summed E-state index contributed by atoms with van der Waals surface area (Å²) in [5, 5.41) is 2.83. The van der Waals surface area contributed by atoms with Gasteiger partial charge >= 0.3 is 0 Å². The zero-order chi connectivity index (χ0) is 17.5. The minimum atomic E-state index is -0.670. The van der Waals surface area contributed by atoms with Gasteiger partial charge in [-0.1, -0.05) is 18.2 Å². The fraction of sp³-hybridized carbons (Fsp3) is 0.316. The molecule has 0 aliphatic heterocycles. The molecule has 2 aromatic rings. The van der Waals surface area contributed by atoms with E-state index in [1.54, 1.807) is 38.3 Å². The van der Waals surface area contributed by atoms with E-state index in [0.29, 0.717) is 22.9 Å². The van der Waals surface area contributed by atoms with Crippen LogP contribution in [0.5, 0.6) is 17.2 Å². The van der Waals surface area contributed by atoms with Crippen LogP contribution in [-0.4, -0.2) is 25.2 Å². The van der Waals surface area contributed by atoms with Gasteiger partial charge in [0.05, 0.1) is 13.2 Å². The number of para-hydroxylation sites is 2. The number of rotatable bonds is 7. The van der Waals surface area contributed by atoms with Crippen LogP contribution in [0.15, 0.2) is 48.5 Å². The lowest BCUT2D eigenvalue weighted by Gasteiger charge is -2.17. The second-order valence-corrected chi connectivity index (χ2v) is 5.59. The van der Waals surface area contributed by atoms with Crippen LogP contribution in [0, 0.1) is 0 Å². The molecule has 0 spiro atoms. The van der Waals surface area contributed by atoms with E-state index in [0.717, 1.165) is 0 Å². The van der Waals surface area contributed by atoms with Crippen molar-refractivity contribution in [2.24, 2.45) is 0 Å². The van der Waals surface area contributed by atoms with Crippen molar-refractivity contribution in [1.29, 1.82) is 0 Å². The van der Waals surface area contributed by atoms with Gasteiger partial charge in [0.2, 0.25) is 0 Å². The molecule has 1 N–H and O–H groups in total. The highest BCUT2D eigenvalue weighted by atomic mass is 16.5. The molecule has 1 amide bonds. The molecule has 0 aliphatic carbocycles. The van der Waals surface area contributed by atoms with Gasteiger partial charge in [0.25, 0.3) is 5.91 Å². The Kier molecular flexibility index (Phi) is 6.07. The fourth-order valence-corrected chi connectivity index (χ4v) is 2.12. The van der Waals surface area contributed by atoms with Crippen molar-refractivity contribution in [2.75, 3.05) is 12.4 Å². The number of carbonyl (C=O) groups excluding carboxylic acids is 1. The van der Waals surface area contributed by atoms with Crippen molar-refractivity contribution >= 4 is 11.6 Å². The van der Waals surface area contributed by atoms with Gasteiger partial charge in [-0.25, -0.2) is 0 Å². The fourth-order valence-electron chi connectivity index (χ4n) is 2.12. The summed E-state index contributed by atoms with van der Waals surface area (Å²) in [4.78, 5) is 12.3. The predicted octanol–water partition coefficient (Wildman–Crippen LogP) is 3.89. The van der Waals surface area contributed by atoms with E-state index in [4.69, 9.17) is 14.2 Å². The molecule has 5 heteroatoms. The maximum Gasteiger partial charge on any atom is 0.265 e. The molecule has 1 atom stereocenters. The number of anilines is 1. The second-order valence-electron chi connectivity index (χ2n) is 5.59. The van der Waals surface area contributed by atoms with Crippen LogP contribution in [0.1, 0.15) is 20.8 Å². The molecule has 2 rings (SSSR count). The predicted molar refractivity (Wildman–Crippen MR) is 93.9 cm³/mol. The zero-order valence-electron chi connectivity index (χ0n) is 14.4. The monoisotopic (exact) mass is 329 g/mol. The van der Waals surface area contributed by atoms with Gasteiger partial charge in [-0.3, -0.25) is 4.79 Å². The minimum absolute atomic E-state index is 0.0729. The number of benzene rings is 2. The maximum absolute atomic E-state index is 12.3. The van der Waals surface area contributed by atoms with E-state index in [-0.39, 0.29) is 12.0 Å². The third kappa shape index (κ3) is 4.91. The van der Waals surface area contributed by atoms with Crippen LogP contribution in [0.3, 0.4) is 0 Å². The number of amides is 1. The molecule has 0 saturated carbocycles. The average Bonchev–Trinajstić information content (AvgIpc) is 2.55. The summed E-state index contributed by atoms with van der Waals surface area (Å²) in [7, 11) is 1.56. The second kappa shape index (κ2) is 8.24. The first-order valence-electron chi connectivity index (χ1n) is 7.87. The first-order chi connectivity index (χ1) is 11.5. The van der Waals surface area contributed by atoms with Crippen molar-refractivity contribution < 1.29 is 19.0 Å². The molecule has 0 aliphatic rings. The molecule has 0 fully saturated rings. The van der Waals surface area contributed by atoms with E-state index >= 15 is 0 Å². The molecule has 0 bridgehead atoms. The van der Waals surface area contributed by atoms with Crippen molar-refractivity contribution in [3.8, 4) is 17.2 Å². The van der Waals surface area contributed by atoms with Gasteiger partial charge in [0.15, 0.2) is 17.6 Å². The lowest BCUT2D eigenvalue weighted by atomic mass is 10.2. The van der Waals surface area contributed by atoms with Gasteiger partial charge < -0.3 is 19.5 Å². The Morgan fingerprint density at radius 2 is 1.67 bits per heavy atom. The van der Waals surface area contributed by atoms with E-state index in [1.807, 2.05) is 38.1 Å². The van der Waals surface area contributed by atoms with E-state index in [1.165, 1.54) is 0 Å². The highest BCUT2D eigenvalue weighted by Gasteiger charge is 2.17. The Labute approximate surface area is 142 Å². The first kappa shape index (κ1) is 17.7. The van der Waals surface area contributed by atoms with Gasteiger partial charge in [-0.2, -0.15) is 0 Å². The first-order valence-corrected chi connectivity index (χ1v) is 7.87. The van der Waals surface area contributed by atoms with Crippen LogP contribution in [-0.2, 0) is 4.79 Å². The summed E-state index contributed by atoms with van der Waals surface area (Å²) in [5.74, 6) is 1.58. The van der Waals surface area contributed by atoms with Crippen molar-refractivity contribution in [3.05, 3.63) is 48.5 Å². The Morgan fingerprint density at radius 1 is 0.958 bits per heavy atom. The summed E-state index contributed by atoms with van der Waals surface area (Å²) < 4.78 is 16.5. The van der Waals surface area contributed by atoms with E-state index in [2.05, 4.69) is 5.32 Å². The molecule has 0 saturated heterocycles. The standard InChI is InChI=1S/C19H23NO4/c1-13(2)23-16-9-7-8-15(12-16)20-19(21)14(3)24-18-11-6-5-10-17(18)22-4/h5-14H,1-4H3,(H,20,21)/t14-/m0/s1. The highest BCUT2D eigenvalue weighted by molar-refractivity contribution is 5.94. The Balaban J connectivity index is 2.01. The summed E-state index contributed by atoms with van der Waals surface area (Å²) >= 11 is 0. The molecule has 24 heavy (non-hydrogen) atoms. The van der Waals surface area contributed by atoms with E-state index in [9.17, 15) is 4.79 Å². The van der Waals surface area contributed by atoms with Gasteiger partial charge in [0.1, 0.15) is 5.75 Å². The van der Waals surface area contributed by atoms with Crippen LogP contribution in [0.2, 0.25) is 0 Å². The summed E-state index contributed by atoms with van der Waals surface area (Å²) in [5.41, 5.74) is 0.661. The SMILES string of the molecule is COc1ccccc1O[C@@H](C)C(=O)Nc1cccc(OC(C)C)c1. The molecule has 128 valence electrons. The number of hydrogen-bond acceptors (Lipinski definition) is 4. The lowest BCUT2D eigenvalue weighted by Crippen LogP contribution is -2.30. The molecule has 2 aromatic carbocycles. The topological polar surface area (TPSA) is 56.8 Å². The van der Waals surface area contributed by atoms with Crippen molar-refractivity contribution in [1.82, 2.24) is 0 Å². The number of methoxy groups -OCH3 is 1. The highest BCUT2D eigenvalue weighted by Crippen LogP contribution is 2.27. The molecular formula is C19H23NO4. The van der Waals surface area contributed by atoms with Gasteiger partial charge in [0, 0.05) is 11.8 Å². The number of nitrogens with one attached hydrogen (secondary N) is 1. The quantitative estimate of drug-likeness (QED) is 0.837. The largest absolute Gasteiger partial charge is 0.493 e. The Morgan fingerprint density at radius 3 is 2.33 bits per heavy atom. The Bertz CT molecular complexity index is 685. The molecule has 0 unspecified atom stereocenters. The lowest BCUT2D eigenvalue weighted by molar-refractivity contribution is -0.122. The molecule has 0 aromatic heterocycles. The summed E-state index contributed by atoms with van der Waals surface area (Å²) in [6.45, 7) is 5.60. The molecule has 0 heterocycles. The van der Waals surface area contributed by atoms with Gasteiger partial charge in [-0.05, 0) is 45.0 Å². The normalized spacial score (nSPS) is 11.7. The zero-order valence-corrected chi connectivity index (χ0v) is 14.4. The van der Waals surface area contributed by atoms with Crippen molar-refractivity contribution in [2.45, 2.75) is 33.0 Å². The smallest absolute Gasteiger partial charge is 0.265 e. The Hall–Kier alpha value is -2.69. The maximum atomic E-state index is 12.3. The summed E-state index contributed by atoms with van der Waals surface area (Å²) in [6, 6.07) is 14.5. The average molecular weight is 329 g/mol. The molecular weight excluding hydrogens is 306 g/mol. The van der Waals surface area contributed by atoms with Crippen molar-refractivity contribution in [3.63, 3.8) is 0 Å². The van der Waals surface area contributed by atoms with Gasteiger partial charge in [-0.15, -0.1) is 0 Å². The number of hydrogen-bond donors (Lipinski definition) is 1. The third-order valence-electron chi connectivity index (χ3n) is 3.22. The number of carbonyl (C=O) groups is 1. The third-order valence-corrected chi connectivity index (χ3v) is 3.22. The number of ether oxygens (including phenoxy) is 3. The minimum Gasteiger partial charge on any atom is -0.493 e. The van der Waals surface area contributed by atoms with Crippen LogP contribution < -0.4 is 19.5 Å². The summed E-state index contributed by atoms with van der Waals surface area (Å²) in [6.07, 6.45) is -0.597. The molecule has 0 radical (unpaired) electrons. The van der Waals surface area contributed by atoms with E-state index < -0.39 is 6.10 Å². The van der Waals surface area contributed by atoms with Crippen LogP contribution in [0.25, 0.3) is 0 Å². The molecule has 5 nitrogen and oxygen atoms in total. The van der Waals surface area contributed by atoms with Crippen LogP contribution >= 0.6 is 0 Å².